The van der Waals surface area contributed by atoms with Crippen LogP contribution in [0.3, 0.4) is 0 Å². The molecule has 3 rings (SSSR count). The fourth-order valence-corrected chi connectivity index (χ4v) is 4.49. The Kier molecular flexibility index (Phi) is 2.91. The van der Waals surface area contributed by atoms with Crippen molar-refractivity contribution >= 4 is 26.8 Å². The van der Waals surface area contributed by atoms with E-state index in [2.05, 4.69) is 11.1 Å². The van der Waals surface area contributed by atoms with Gasteiger partial charge in [0.05, 0.1) is 28.6 Å². The molecular formula is C13H14N4O2S. The number of anilines is 1. The number of fused-ring (bicyclic) bond motifs is 1. The lowest BCUT2D eigenvalue weighted by Crippen LogP contribution is -2.28. The summed E-state index contributed by atoms with van der Waals surface area (Å²) in [5.41, 5.74) is 7.66. The molecule has 20 heavy (non-hydrogen) atoms. The van der Waals surface area contributed by atoms with Gasteiger partial charge in [0.1, 0.15) is 11.6 Å². The Morgan fingerprint density at radius 1 is 1.45 bits per heavy atom. The minimum Gasteiger partial charge on any atom is -0.369 e. The van der Waals surface area contributed by atoms with Gasteiger partial charge < -0.3 is 10.3 Å². The molecule has 7 heteroatoms. The Balaban J connectivity index is 2.17. The van der Waals surface area contributed by atoms with E-state index in [1.165, 1.54) is 0 Å². The van der Waals surface area contributed by atoms with Gasteiger partial charge in [-0.15, -0.1) is 0 Å². The number of nitrogen functional groups attached to an aromatic ring is 1. The molecule has 1 fully saturated rings. The van der Waals surface area contributed by atoms with Crippen LogP contribution in [0.4, 0.5) is 5.95 Å². The number of imidazole rings is 1. The fraction of sp³-hybridized carbons (Fsp3) is 0.385. The van der Waals surface area contributed by atoms with Crippen LogP contribution in [0.25, 0.3) is 11.0 Å². The summed E-state index contributed by atoms with van der Waals surface area (Å²) in [5, 5.41) is 9.09. The lowest BCUT2D eigenvalue weighted by molar-refractivity contribution is 0.483. The van der Waals surface area contributed by atoms with Gasteiger partial charge in [-0.25, -0.2) is 13.4 Å². The minimum atomic E-state index is -3.03. The first-order chi connectivity index (χ1) is 9.52. The van der Waals surface area contributed by atoms with Gasteiger partial charge in [0.15, 0.2) is 9.84 Å². The van der Waals surface area contributed by atoms with Gasteiger partial charge in [0, 0.05) is 0 Å². The van der Waals surface area contributed by atoms with E-state index in [0.29, 0.717) is 17.5 Å². The van der Waals surface area contributed by atoms with Crippen molar-refractivity contribution < 1.29 is 8.42 Å². The number of hydrogen-bond acceptors (Lipinski definition) is 5. The highest BCUT2D eigenvalue weighted by Gasteiger charge is 2.28. The standard InChI is InChI=1S/C13H14N4O2S/c14-7-9-3-1-5-11-12(9)16-13(15)17(11)10-4-2-6-20(18,19)8-10/h1,3,5,10H,2,4,6,8H2,(H2,15,16). The quantitative estimate of drug-likeness (QED) is 0.851. The normalized spacial score (nSPS) is 21.6. The zero-order chi connectivity index (χ0) is 14.3. The van der Waals surface area contributed by atoms with Crippen molar-refractivity contribution in [3.05, 3.63) is 23.8 Å². The SMILES string of the molecule is N#Cc1cccc2c1nc(N)n2C1CCCS(=O)(=O)C1. The summed E-state index contributed by atoms with van der Waals surface area (Å²) in [6, 6.07) is 7.14. The molecule has 0 aliphatic carbocycles. The monoisotopic (exact) mass is 290 g/mol. The first-order valence-corrected chi connectivity index (χ1v) is 8.21. The van der Waals surface area contributed by atoms with E-state index in [9.17, 15) is 8.42 Å². The van der Waals surface area contributed by atoms with Crippen molar-refractivity contribution in [2.24, 2.45) is 0 Å². The smallest absolute Gasteiger partial charge is 0.201 e. The number of benzene rings is 1. The van der Waals surface area contributed by atoms with Crippen molar-refractivity contribution in [2.75, 3.05) is 17.2 Å². The highest BCUT2D eigenvalue weighted by molar-refractivity contribution is 7.91. The zero-order valence-electron chi connectivity index (χ0n) is 10.8. The van der Waals surface area contributed by atoms with Crippen LogP contribution in [0.15, 0.2) is 18.2 Å². The van der Waals surface area contributed by atoms with Gasteiger partial charge in [-0.3, -0.25) is 0 Å². The molecule has 0 saturated carbocycles. The number of aromatic nitrogens is 2. The Morgan fingerprint density at radius 3 is 2.95 bits per heavy atom. The van der Waals surface area contributed by atoms with Gasteiger partial charge in [0.2, 0.25) is 5.95 Å². The van der Waals surface area contributed by atoms with Crippen molar-refractivity contribution in [1.29, 1.82) is 5.26 Å². The molecule has 1 atom stereocenters. The summed E-state index contributed by atoms with van der Waals surface area (Å²) in [6.45, 7) is 0. The zero-order valence-corrected chi connectivity index (χ0v) is 11.6. The number of rotatable bonds is 1. The molecule has 0 radical (unpaired) electrons. The van der Waals surface area contributed by atoms with E-state index in [1.54, 1.807) is 16.7 Å². The van der Waals surface area contributed by atoms with E-state index in [4.69, 9.17) is 11.0 Å². The molecule has 1 aromatic carbocycles. The summed E-state index contributed by atoms with van der Waals surface area (Å²) in [4.78, 5) is 4.23. The maximum atomic E-state index is 11.8. The van der Waals surface area contributed by atoms with Crippen LogP contribution in [-0.2, 0) is 9.84 Å². The molecule has 6 nitrogen and oxygen atoms in total. The topological polar surface area (TPSA) is 102 Å². The van der Waals surface area contributed by atoms with Crippen LogP contribution in [0.1, 0.15) is 24.4 Å². The third-order valence-electron chi connectivity index (χ3n) is 3.67. The molecule has 1 unspecified atom stereocenters. The van der Waals surface area contributed by atoms with Gasteiger partial charge in [-0.05, 0) is 25.0 Å². The number of hydrogen-bond donors (Lipinski definition) is 1. The summed E-state index contributed by atoms with van der Waals surface area (Å²) >= 11 is 0. The number of para-hydroxylation sites is 1. The van der Waals surface area contributed by atoms with Crippen LogP contribution in [0, 0.1) is 11.3 Å². The highest BCUT2D eigenvalue weighted by Crippen LogP contribution is 2.30. The maximum Gasteiger partial charge on any atom is 0.201 e. The van der Waals surface area contributed by atoms with Crippen LogP contribution in [0.5, 0.6) is 0 Å². The minimum absolute atomic E-state index is 0.0828. The van der Waals surface area contributed by atoms with Crippen LogP contribution in [0.2, 0.25) is 0 Å². The van der Waals surface area contributed by atoms with Crippen molar-refractivity contribution in [3.8, 4) is 6.07 Å². The highest BCUT2D eigenvalue weighted by atomic mass is 32.2. The molecular weight excluding hydrogens is 276 g/mol. The largest absolute Gasteiger partial charge is 0.369 e. The first kappa shape index (κ1) is 12.9. The average molecular weight is 290 g/mol. The van der Waals surface area contributed by atoms with Crippen molar-refractivity contribution in [2.45, 2.75) is 18.9 Å². The predicted molar refractivity (Wildman–Crippen MR) is 75.8 cm³/mol. The van der Waals surface area contributed by atoms with Crippen LogP contribution < -0.4 is 5.73 Å². The second-order valence-corrected chi connectivity index (χ2v) is 7.26. The molecule has 104 valence electrons. The van der Waals surface area contributed by atoms with E-state index in [-0.39, 0.29) is 23.5 Å². The molecule has 1 aliphatic heterocycles. The Bertz CT molecular complexity index is 817. The van der Waals surface area contributed by atoms with E-state index < -0.39 is 9.84 Å². The molecule has 2 N–H and O–H groups in total. The summed E-state index contributed by atoms with van der Waals surface area (Å²) in [6.07, 6.45) is 1.38. The number of nitriles is 1. The molecule has 0 bridgehead atoms. The average Bonchev–Trinajstić information content (AvgIpc) is 2.73. The third-order valence-corrected chi connectivity index (χ3v) is 5.48. The third kappa shape index (κ3) is 2.02. The molecule has 1 aromatic heterocycles. The maximum absolute atomic E-state index is 11.8. The Hall–Kier alpha value is -2.07. The van der Waals surface area contributed by atoms with E-state index in [0.717, 1.165) is 11.9 Å². The van der Waals surface area contributed by atoms with E-state index >= 15 is 0 Å². The van der Waals surface area contributed by atoms with Crippen molar-refractivity contribution in [1.82, 2.24) is 9.55 Å². The van der Waals surface area contributed by atoms with Gasteiger partial charge >= 0.3 is 0 Å². The Morgan fingerprint density at radius 2 is 2.25 bits per heavy atom. The molecule has 1 saturated heterocycles. The summed E-state index contributed by atoms with van der Waals surface area (Å²) in [7, 11) is -3.03. The second-order valence-electron chi connectivity index (χ2n) is 5.04. The molecule has 0 amide bonds. The molecule has 2 heterocycles. The van der Waals surface area contributed by atoms with Gasteiger partial charge in [-0.1, -0.05) is 6.07 Å². The molecule has 2 aromatic rings. The first-order valence-electron chi connectivity index (χ1n) is 6.39. The van der Waals surface area contributed by atoms with E-state index in [1.807, 2.05) is 6.07 Å². The van der Waals surface area contributed by atoms with Gasteiger partial charge in [-0.2, -0.15) is 5.26 Å². The second kappa shape index (κ2) is 4.49. The van der Waals surface area contributed by atoms with Gasteiger partial charge in [0.25, 0.3) is 0 Å². The van der Waals surface area contributed by atoms with Crippen LogP contribution in [-0.4, -0.2) is 29.5 Å². The van der Waals surface area contributed by atoms with Crippen LogP contribution >= 0.6 is 0 Å². The summed E-state index contributed by atoms with van der Waals surface area (Å²) < 4.78 is 25.4. The summed E-state index contributed by atoms with van der Waals surface area (Å²) in [5.74, 6) is 0.587. The lowest BCUT2D eigenvalue weighted by Gasteiger charge is -2.24. The molecule has 1 aliphatic rings. The van der Waals surface area contributed by atoms with Crippen molar-refractivity contribution in [3.63, 3.8) is 0 Å². The fourth-order valence-electron chi connectivity index (χ4n) is 2.81. The predicted octanol–water partition coefficient (Wildman–Crippen LogP) is 1.24. The number of nitrogens with zero attached hydrogens (tertiary/aromatic N) is 3. The number of nitrogens with two attached hydrogens (primary N) is 1. The Labute approximate surface area is 116 Å². The molecule has 0 spiro atoms. The lowest BCUT2D eigenvalue weighted by atomic mass is 10.1. The number of sulfone groups is 1.